The number of rotatable bonds is 4. The van der Waals surface area contributed by atoms with E-state index in [9.17, 15) is 4.79 Å². The van der Waals surface area contributed by atoms with Crippen molar-refractivity contribution in [1.29, 1.82) is 0 Å². The molecule has 2 fully saturated rings. The number of carbonyl (C=O) groups is 1. The van der Waals surface area contributed by atoms with Gasteiger partial charge in [0.25, 0.3) is 0 Å². The van der Waals surface area contributed by atoms with E-state index in [1.165, 1.54) is 18.4 Å². The SMILES string of the molecule is CN(CC1(c2ccc(Br)cc2)CC1)C(=O)C1CCNC1. The van der Waals surface area contributed by atoms with Crippen molar-refractivity contribution in [2.75, 3.05) is 26.7 Å². The van der Waals surface area contributed by atoms with Gasteiger partial charge in [-0.1, -0.05) is 28.1 Å². The van der Waals surface area contributed by atoms with E-state index in [-0.39, 0.29) is 11.3 Å². The van der Waals surface area contributed by atoms with Crippen LogP contribution in [-0.2, 0) is 10.2 Å². The molecule has 1 N–H and O–H groups in total. The molecule has 1 amide bonds. The molecule has 0 radical (unpaired) electrons. The molecule has 0 aromatic heterocycles. The fourth-order valence-electron chi connectivity index (χ4n) is 3.20. The molecular weight excluding hydrogens is 316 g/mol. The molecule has 20 heavy (non-hydrogen) atoms. The van der Waals surface area contributed by atoms with E-state index in [4.69, 9.17) is 0 Å². The summed E-state index contributed by atoms with van der Waals surface area (Å²) in [6, 6.07) is 8.56. The summed E-state index contributed by atoms with van der Waals surface area (Å²) in [6.45, 7) is 2.67. The van der Waals surface area contributed by atoms with Crippen LogP contribution < -0.4 is 5.32 Å². The third-order valence-electron chi connectivity index (χ3n) is 4.64. The number of carbonyl (C=O) groups excluding carboxylic acids is 1. The second-order valence-corrected chi connectivity index (χ2v) is 7.09. The van der Waals surface area contributed by atoms with Gasteiger partial charge >= 0.3 is 0 Å². The standard InChI is InChI=1S/C16H21BrN2O/c1-19(15(20)12-6-9-18-10-12)11-16(7-8-16)13-2-4-14(17)5-3-13/h2-5,12,18H,6-11H2,1H3. The van der Waals surface area contributed by atoms with Crippen molar-refractivity contribution in [1.82, 2.24) is 10.2 Å². The lowest BCUT2D eigenvalue weighted by atomic mass is 9.95. The zero-order chi connectivity index (χ0) is 14.2. The van der Waals surface area contributed by atoms with E-state index < -0.39 is 0 Å². The number of nitrogens with zero attached hydrogens (tertiary/aromatic N) is 1. The Bertz CT molecular complexity index is 490. The highest BCUT2D eigenvalue weighted by Crippen LogP contribution is 2.48. The Morgan fingerprint density at radius 1 is 1.40 bits per heavy atom. The van der Waals surface area contributed by atoms with E-state index in [1.807, 2.05) is 11.9 Å². The van der Waals surface area contributed by atoms with Gasteiger partial charge < -0.3 is 10.2 Å². The minimum absolute atomic E-state index is 0.181. The van der Waals surface area contributed by atoms with E-state index in [0.717, 1.165) is 30.5 Å². The highest BCUT2D eigenvalue weighted by Gasteiger charge is 2.46. The lowest BCUT2D eigenvalue weighted by molar-refractivity contribution is -0.133. The maximum absolute atomic E-state index is 12.4. The van der Waals surface area contributed by atoms with E-state index in [1.54, 1.807) is 0 Å². The number of hydrogen-bond acceptors (Lipinski definition) is 2. The number of benzene rings is 1. The van der Waals surface area contributed by atoms with Crippen molar-refractivity contribution in [3.05, 3.63) is 34.3 Å². The molecule has 0 spiro atoms. The number of amides is 1. The Hall–Kier alpha value is -0.870. The minimum atomic E-state index is 0.181. The number of nitrogens with one attached hydrogen (secondary N) is 1. The molecule has 108 valence electrons. The monoisotopic (exact) mass is 336 g/mol. The molecular formula is C16H21BrN2O. The number of likely N-dealkylation sites (N-methyl/N-ethyl adjacent to an activating group) is 1. The second kappa shape index (κ2) is 5.49. The third kappa shape index (κ3) is 2.77. The summed E-state index contributed by atoms with van der Waals surface area (Å²) in [7, 11) is 1.96. The molecule has 1 aromatic rings. The largest absolute Gasteiger partial charge is 0.345 e. The smallest absolute Gasteiger partial charge is 0.226 e. The van der Waals surface area contributed by atoms with Crippen LogP contribution in [0, 0.1) is 5.92 Å². The molecule has 1 aliphatic carbocycles. The maximum atomic E-state index is 12.4. The Labute approximate surface area is 128 Å². The highest BCUT2D eigenvalue weighted by atomic mass is 79.9. The van der Waals surface area contributed by atoms with Crippen LogP contribution in [0.5, 0.6) is 0 Å². The summed E-state index contributed by atoms with van der Waals surface area (Å²) >= 11 is 3.48. The van der Waals surface area contributed by atoms with Gasteiger partial charge in [0.05, 0.1) is 5.92 Å². The summed E-state index contributed by atoms with van der Waals surface area (Å²) in [5.41, 5.74) is 1.57. The first-order valence-electron chi connectivity index (χ1n) is 7.32. The van der Waals surface area contributed by atoms with Crippen molar-refractivity contribution in [2.45, 2.75) is 24.7 Å². The van der Waals surface area contributed by atoms with Crippen molar-refractivity contribution in [3.8, 4) is 0 Å². The molecule has 1 heterocycles. The van der Waals surface area contributed by atoms with Crippen molar-refractivity contribution in [3.63, 3.8) is 0 Å². The van der Waals surface area contributed by atoms with Gasteiger partial charge in [0.15, 0.2) is 0 Å². The molecule has 4 heteroatoms. The number of hydrogen-bond donors (Lipinski definition) is 1. The van der Waals surface area contributed by atoms with E-state index >= 15 is 0 Å². The van der Waals surface area contributed by atoms with E-state index in [0.29, 0.717) is 5.91 Å². The minimum Gasteiger partial charge on any atom is -0.345 e. The molecule has 1 atom stereocenters. The quantitative estimate of drug-likeness (QED) is 0.916. The molecule has 2 aliphatic rings. The zero-order valence-corrected chi connectivity index (χ0v) is 13.4. The van der Waals surface area contributed by atoms with Crippen molar-refractivity contribution >= 4 is 21.8 Å². The molecule has 1 aliphatic heterocycles. The summed E-state index contributed by atoms with van der Waals surface area (Å²) in [5.74, 6) is 0.485. The normalized spacial score (nSPS) is 23.6. The maximum Gasteiger partial charge on any atom is 0.226 e. The van der Waals surface area contributed by atoms with Gasteiger partial charge in [-0.15, -0.1) is 0 Å². The van der Waals surface area contributed by atoms with Gasteiger partial charge in [-0.2, -0.15) is 0 Å². The summed E-state index contributed by atoms with van der Waals surface area (Å²) < 4.78 is 1.11. The van der Waals surface area contributed by atoms with Crippen LogP contribution in [0.1, 0.15) is 24.8 Å². The Morgan fingerprint density at radius 2 is 2.10 bits per heavy atom. The van der Waals surface area contributed by atoms with Crippen LogP contribution in [0.15, 0.2) is 28.7 Å². The lowest BCUT2D eigenvalue weighted by Gasteiger charge is -2.26. The zero-order valence-electron chi connectivity index (χ0n) is 11.9. The molecule has 1 saturated heterocycles. The van der Waals surface area contributed by atoms with Gasteiger partial charge in [-0.25, -0.2) is 0 Å². The summed E-state index contributed by atoms with van der Waals surface area (Å²) in [6.07, 6.45) is 3.36. The number of halogens is 1. The topological polar surface area (TPSA) is 32.3 Å². The fourth-order valence-corrected chi connectivity index (χ4v) is 3.47. The lowest BCUT2D eigenvalue weighted by Crippen LogP contribution is -2.39. The average molecular weight is 337 g/mol. The molecule has 1 saturated carbocycles. The van der Waals surface area contributed by atoms with Gasteiger partial charge in [0.2, 0.25) is 5.91 Å². The van der Waals surface area contributed by atoms with Gasteiger partial charge in [-0.3, -0.25) is 4.79 Å². The van der Waals surface area contributed by atoms with Crippen molar-refractivity contribution < 1.29 is 4.79 Å². The third-order valence-corrected chi connectivity index (χ3v) is 5.16. The predicted molar refractivity (Wildman–Crippen MR) is 83.7 cm³/mol. The molecule has 1 unspecified atom stereocenters. The van der Waals surface area contributed by atoms with Crippen molar-refractivity contribution in [2.24, 2.45) is 5.92 Å². The van der Waals surface area contributed by atoms with Gasteiger partial charge in [-0.05, 0) is 43.5 Å². The van der Waals surface area contributed by atoms with Crippen LogP contribution in [0.2, 0.25) is 0 Å². The Balaban J connectivity index is 1.67. The molecule has 1 aromatic carbocycles. The van der Waals surface area contributed by atoms with Gasteiger partial charge in [0.1, 0.15) is 0 Å². The van der Waals surface area contributed by atoms with Crippen LogP contribution in [0.3, 0.4) is 0 Å². The molecule has 3 rings (SSSR count). The summed E-state index contributed by atoms with van der Waals surface area (Å²) in [4.78, 5) is 14.4. The first-order valence-corrected chi connectivity index (χ1v) is 8.12. The second-order valence-electron chi connectivity index (χ2n) is 6.17. The Kier molecular flexibility index (Phi) is 3.87. The first-order chi connectivity index (χ1) is 9.61. The fraction of sp³-hybridized carbons (Fsp3) is 0.562. The van der Waals surface area contributed by atoms with Crippen LogP contribution in [0.25, 0.3) is 0 Å². The van der Waals surface area contributed by atoms with Crippen LogP contribution in [-0.4, -0.2) is 37.5 Å². The van der Waals surface area contributed by atoms with Gasteiger partial charge in [0, 0.05) is 30.0 Å². The highest BCUT2D eigenvalue weighted by molar-refractivity contribution is 9.10. The van der Waals surface area contributed by atoms with E-state index in [2.05, 4.69) is 45.5 Å². The first kappa shape index (κ1) is 14.1. The molecule has 0 bridgehead atoms. The molecule has 3 nitrogen and oxygen atoms in total. The van der Waals surface area contributed by atoms with Crippen LogP contribution in [0.4, 0.5) is 0 Å². The Morgan fingerprint density at radius 3 is 2.65 bits per heavy atom. The summed E-state index contributed by atoms with van der Waals surface area (Å²) in [5, 5.41) is 3.27. The predicted octanol–water partition coefficient (Wildman–Crippen LogP) is 2.55. The average Bonchev–Trinajstić information content (AvgIpc) is 3.02. The van der Waals surface area contributed by atoms with Crippen LogP contribution >= 0.6 is 15.9 Å².